The van der Waals surface area contributed by atoms with Gasteiger partial charge in [0.05, 0.1) is 0 Å². The maximum absolute atomic E-state index is 11.7. The van der Waals surface area contributed by atoms with Gasteiger partial charge in [-0.1, -0.05) is 12.8 Å². The number of nitrogens with zero attached hydrogens (tertiary/aromatic N) is 1. The lowest BCUT2D eigenvalue weighted by Crippen LogP contribution is -2.29. The number of rotatable bonds is 8. The first-order valence-electron chi connectivity index (χ1n) is 6.03. The van der Waals surface area contributed by atoms with E-state index < -0.39 is 12.0 Å². The zero-order valence-corrected chi connectivity index (χ0v) is 10.2. The Kier molecular flexibility index (Phi) is 6.00. The van der Waals surface area contributed by atoms with Gasteiger partial charge in [-0.05, 0) is 25.0 Å². The van der Waals surface area contributed by atoms with Crippen molar-refractivity contribution in [1.29, 1.82) is 0 Å². The molecule has 0 saturated carbocycles. The third kappa shape index (κ3) is 5.05. The number of carboxylic acids is 1. The van der Waals surface area contributed by atoms with Gasteiger partial charge in [-0.15, -0.1) is 0 Å². The minimum absolute atomic E-state index is 0.0747. The number of hydrogen-bond donors (Lipinski definition) is 2. The Labute approximate surface area is 106 Å². The first-order chi connectivity index (χ1) is 8.61. The number of pyridine rings is 1. The summed E-state index contributed by atoms with van der Waals surface area (Å²) in [5.74, 6) is -0.896. The Bertz CT molecular complexity index is 392. The lowest BCUT2D eigenvalue weighted by atomic mass is 10.0. The fourth-order valence-corrected chi connectivity index (χ4v) is 1.62. The van der Waals surface area contributed by atoms with E-state index in [1.165, 1.54) is 0 Å². The van der Waals surface area contributed by atoms with Gasteiger partial charge in [0.25, 0.3) is 0 Å². The van der Waals surface area contributed by atoms with Gasteiger partial charge >= 0.3 is 5.97 Å². The summed E-state index contributed by atoms with van der Waals surface area (Å²) in [6, 6.07) is 2.69. The molecule has 0 amide bonds. The van der Waals surface area contributed by atoms with Crippen LogP contribution in [0, 0.1) is 0 Å². The average Bonchev–Trinajstić information content (AvgIpc) is 2.38. The van der Waals surface area contributed by atoms with Crippen LogP contribution >= 0.6 is 0 Å². The van der Waals surface area contributed by atoms with E-state index in [1.54, 1.807) is 24.5 Å². The molecule has 0 aliphatic rings. The van der Waals surface area contributed by atoms with Crippen molar-refractivity contribution in [2.24, 2.45) is 5.73 Å². The number of carbonyl (C=O) groups is 2. The summed E-state index contributed by atoms with van der Waals surface area (Å²) >= 11 is 0. The molecule has 0 fully saturated rings. The Morgan fingerprint density at radius 2 is 2.11 bits per heavy atom. The Morgan fingerprint density at radius 3 is 2.72 bits per heavy atom. The third-order valence-corrected chi connectivity index (χ3v) is 2.72. The van der Waals surface area contributed by atoms with Crippen LogP contribution in [0.25, 0.3) is 0 Å². The molecule has 1 aromatic heterocycles. The zero-order valence-electron chi connectivity index (χ0n) is 10.2. The Balaban J connectivity index is 2.15. The summed E-state index contributed by atoms with van der Waals surface area (Å²) in [5.41, 5.74) is 6.00. The molecule has 0 spiro atoms. The monoisotopic (exact) mass is 250 g/mol. The van der Waals surface area contributed by atoms with Crippen molar-refractivity contribution >= 4 is 11.8 Å². The summed E-state index contributed by atoms with van der Waals surface area (Å²) < 4.78 is 0. The molecule has 1 rings (SSSR count). The molecule has 0 aromatic carbocycles. The molecule has 18 heavy (non-hydrogen) atoms. The van der Waals surface area contributed by atoms with Crippen molar-refractivity contribution in [3.05, 3.63) is 30.1 Å². The molecule has 0 radical (unpaired) electrons. The normalized spacial score (nSPS) is 12.1. The van der Waals surface area contributed by atoms with Crippen molar-refractivity contribution < 1.29 is 14.7 Å². The summed E-state index contributed by atoms with van der Waals surface area (Å²) in [5, 5.41) is 8.59. The van der Waals surface area contributed by atoms with E-state index in [0.29, 0.717) is 18.4 Å². The van der Waals surface area contributed by atoms with Crippen LogP contribution in [0.15, 0.2) is 24.5 Å². The second-order valence-corrected chi connectivity index (χ2v) is 4.21. The molecule has 5 nitrogen and oxygen atoms in total. The highest BCUT2D eigenvalue weighted by molar-refractivity contribution is 5.95. The average molecular weight is 250 g/mol. The van der Waals surface area contributed by atoms with Crippen LogP contribution in [0.5, 0.6) is 0 Å². The summed E-state index contributed by atoms with van der Waals surface area (Å²) in [7, 11) is 0. The fraction of sp³-hybridized carbons (Fsp3) is 0.462. The topological polar surface area (TPSA) is 93.3 Å². The fourth-order valence-electron chi connectivity index (χ4n) is 1.62. The molecule has 98 valence electrons. The minimum atomic E-state index is -0.971. The Morgan fingerprint density at radius 1 is 1.33 bits per heavy atom. The number of Topliss-reactive ketones (excluding diaryl/α,β-unsaturated/α-hetero) is 1. The van der Waals surface area contributed by atoms with Gasteiger partial charge in [0.1, 0.15) is 6.04 Å². The molecular weight excluding hydrogens is 232 g/mol. The van der Waals surface area contributed by atoms with E-state index in [0.717, 1.165) is 19.3 Å². The van der Waals surface area contributed by atoms with Gasteiger partial charge in [-0.2, -0.15) is 0 Å². The van der Waals surface area contributed by atoms with Crippen LogP contribution in [0.3, 0.4) is 0 Å². The number of unbranched alkanes of at least 4 members (excludes halogenated alkanes) is 2. The molecule has 5 heteroatoms. The highest BCUT2D eigenvalue weighted by atomic mass is 16.4. The molecule has 1 atom stereocenters. The Hall–Kier alpha value is -1.75. The quantitative estimate of drug-likeness (QED) is 0.540. The number of aromatic nitrogens is 1. The maximum atomic E-state index is 11.7. The van der Waals surface area contributed by atoms with Crippen molar-refractivity contribution in [1.82, 2.24) is 4.98 Å². The first kappa shape index (κ1) is 14.3. The van der Waals surface area contributed by atoms with Gasteiger partial charge in [0.15, 0.2) is 5.78 Å². The van der Waals surface area contributed by atoms with Gasteiger partial charge in [-0.3, -0.25) is 14.6 Å². The van der Waals surface area contributed by atoms with Gasteiger partial charge < -0.3 is 10.8 Å². The second-order valence-electron chi connectivity index (χ2n) is 4.21. The lowest BCUT2D eigenvalue weighted by Gasteiger charge is -2.05. The van der Waals surface area contributed by atoms with Gasteiger partial charge in [0, 0.05) is 24.4 Å². The highest BCUT2D eigenvalue weighted by Crippen LogP contribution is 2.09. The van der Waals surface area contributed by atoms with Crippen LogP contribution < -0.4 is 5.73 Å². The number of aliphatic carboxylic acids is 1. The van der Waals surface area contributed by atoms with E-state index in [9.17, 15) is 9.59 Å². The third-order valence-electron chi connectivity index (χ3n) is 2.72. The highest BCUT2D eigenvalue weighted by Gasteiger charge is 2.10. The van der Waals surface area contributed by atoms with Crippen molar-refractivity contribution in [2.45, 2.75) is 38.1 Å². The standard InChI is InChI=1S/C13H18N2O3/c14-11(13(17)18)6-2-1-3-7-12(16)10-5-4-8-15-9-10/h4-5,8-9,11H,1-3,6-7,14H2,(H,17,18)/t11-/m0/s1. The van der Waals surface area contributed by atoms with Crippen LogP contribution in [-0.4, -0.2) is 27.9 Å². The van der Waals surface area contributed by atoms with Crippen LogP contribution in [0.4, 0.5) is 0 Å². The number of carbonyl (C=O) groups excluding carboxylic acids is 1. The molecule has 0 saturated heterocycles. The predicted molar refractivity (Wildman–Crippen MR) is 67.3 cm³/mol. The van der Waals surface area contributed by atoms with E-state index in [2.05, 4.69) is 4.98 Å². The predicted octanol–water partition coefficient (Wildman–Crippen LogP) is 1.63. The molecule has 1 aromatic rings. The van der Waals surface area contributed by atoms with Crippen LogP contribution in [-0.2, 0) is 4.79 Å². The van der Waals surface area contributed by atoms with Crippen LogP contribution in [0.1, 0.15) is 42.5 Å². The number of hydrogen-bond acceptors (Lipinski definition) is 4. The SMILES string of the molecule is N[C@@H](CCCCCC(=O)c1cccnc1)C(=O)O. The minimum Gasteiger partial charge on any atom is -0.480 e. The first-order valence-corrected chi connectivity index (χ1v) is 6.03. The molecule has 0 unspecified atom stereocenters. The molecule has 0 bridgehead atoms. The lowest BCUT2D eigenvalue weighted by molar-refractivity contribution is -0.138. The second kappa shape index (κ2) is 7.55. The van der Waals surface area contributed by atoms with E-state index in [-0.39, 0.29) is 5.78 Å². The molecule has 1 heterocycles. The van der Waals surface area contributed by atoms with Crippen molar-refractivity contribution in [3.63, 3.8) is 0 Å². The maximum Gasteiger partial charge on any atom is 0.320 e. The largest absolute Gasteiger partial charge is 0.480 e. The zero-order chi connectivity index (χ0) is 13.4. The molecule has 0 aliphatic carbocycles. The summed E-state index contributed by atoms with van der Waals surface area (Å²) in [6.07, 6.45) is 6.40. The smallest absolute Gasteiger partial charge is 0.320 e. The van der Waals surface area contributed by atoms with Gasteiger partial charge in [0.2, 0.25) is 0 Å². The van der Waals surface area contributed by atoms with Gasteiger partial charge in [-0.25, -0.2) is 0 Å². The number of nitrogens with two attached hydrogens (primary N) is 1. The molecule has 0 aliphatic heterocycles. The summed E-state index contributed by atoms with van der Waals surface area (Å²) in [6.45, 7) is 0. The summed E-state index contributed by atoms with van der Waals surface area (Å²) in [4.78, 5) is 26.1. The van der Waals surface area contributed by atoms with Crippen molar-refractivity contribution in [2.75, 3.05) is 0 Å². The number of carboxylic acid groups (broad SMARTS) is 1. The van der Waals surface area contributed by atoms with E-state index in [4.69, 9.17) is 10.8 Å². The molecule has 3 N–H and O–H groups in total. The van der Waals surface area contributed by atoms with E-state index in [1.807, 2.05) is 0 Å². The van der Waals surface area contributed by atoms with E-state index >= 15 is 0 Å². The van der Waals surface area contributed by atoms with Crippen molar-refractivity contribution in [3.8, 4) is 0 Å². The number of ketones is 1. The van der Waals surface area contributed by atoms with Crippen LogP contribution in [0.2, 0.25) is 0 Å². The molecular formula is C13H18N2O3.